The molecule has 0 unspecified atom stereocenters. The van der Waals surface area contributed by atoms with E-state index in [1.54, 1.807) is 0 Å². The highest BCUT2D eigenvalue weighted by Crippen LogP contribution is 2.36. The minimum Gasteiger partial charge on any atom is -0.427 e. The highest BCUT2D eigenvalue weighted by atomic mass is 127. The standard InChI is InChI=1S/C5H2F3IOS/c6-5(7,8)4-1-3(10-9)2-11-4/h1-2H. The lowest BCUT2D eigenvalue weighted by atomic mass is 10.4. The number of rotatable bonds is 1. The third-order valence-electron chi connectivity index (χ3n) is 0.944. The summed E-state index contributed by atoms with van der Waals surface area (Å²) in [5.74, 6) is 0.239. The molecule has 1 nitrogen and oxygen atoms in total. The molecule has 1 rings (SSSR count). The van der Waals surface area contributed by atoms with Crippen LogP contribution in [0.4, 0.5) is 13.2 Å². The molecule has 1 heterocycles. The van der Waals surface area contributed by atoms with Crippen molar-refractivity contribution in [2.24, 2.45) is 0 Å². The summed E-state index contributed by atoms with van der Waals surface area (Å²) in [6.45, 7) is 0. The third kappa shape index (κ3) is 2.22. The van der Waals surface area contributed by atoms with Crippen molar-refractivity contribution in [3.05, 3.63) is 16.3 Å². The van der Waals surface area contributed by atoms with Crippen LogP contribution in [0, 0.1) is 0 Å². The van der Waals surface area contributed by atoms with Crippen molar-refractivity contribution >= 4 is 34.3 Å². The van der Waals surface area contributed by atoms with Gasteiger partial charge in [-0.05, 0) is 0 Å². The van der Waals surface area contributed by atoms with E-state index in [0.717, 1.165) is 6.07 Å². The highest BCUT2D eigenvalue weighted by Gasteiger charge is 2.32. The number of hydrogen-bond acceptors (Lipinski definition) is 2. The zero-order valence-electron chi connectivity index (χ0n) is 4.98. The van der Waals surface area contributed by atoms with Gasteiger partial charge >= 0.3 is 6.18 Å². The first-order valence-electron chi connectivity index (χ1n) is 2.48. The van der Waals surface area contributed by atoms with Crippen molar-refractivity contribution in [1.82, 2.24) is 0 Å². The molecule has 6 heteroatoms. The van der Waals surface area contributed by atoms with Gasteiger partial charge in [-0.2, -0.15) is 13.2 Å². The summed E-state index contributed by atoms with van der Waals surface area (Å²) in [7, 11) is 0. The van der Waals surface area contributed by atoms with E-state index in [9.17, 15) is 13.2 Å². The summed E-state index contributed by atoms with van der Waals surface area (Å²) >= 11 is 2.16. The van der Waals surface area contributed by atoms with Crippen LogP contribution in [0.3, 0.4) is 0 Å². The van der Waals surface area contributed by atoms with Crippen molar-refractivity contribution in [2.75, 3.05) is 0 Å². The van der Waals surface area contributed by atoms with E-state index in [1.807, 2.05) is 0 Å². The Labute approximate surface area is 78.9 Å². The van der Waals surface area contributed by atoms with Crippen LogP contribution in [0.25, 0.3) is 0 Å². The van der Waals surface area contributed by atoms with Gasteiger partial charge in [0.1, 0.15) is 10.6 Å². The lowest BCUT2D eigenvalue weighted by molar-refractivity contribution is -0.134. The smallest absolute Gasteiger partial charge is 0.425 e. The highest BCUT2D eigenvalue weighted by molar-refractivity contribution is 14.1. The Morgan fingerprint density at radius 2 is 2.09 bits per heavy atom. The second-order valence-electron chi connectivity index (χ2n) is 1.72. The van der Waals surface area contributed by atoms with Gasteiger partial charge in [0.25, 0.3) is 0 Å². The van der Waals surface area contributed by atoms with Crippen LogP contribution in [-0.2, 0) is 6.18 Å². The maximum atomic E-state index is 11.9. The van der Waals surface area contributed by atoms with Crippen LogP contribution in [0.1, 0.15) is 4.88 Å². The minimum atomic E-state index is -4.25. The molecule has 0 aliphatic rings. The van der Waals surface area contributed by atoms with Gasteiger partial charge in [-0.3, -0.25) is 0 Å². The van der Waals surface area contributed by atoms with E-state index in [0.29, 0.717) is 11.3 Å². The first-order valence-corrected chi connectivity index (χ1v) is 4.24. The largest absolute Gasteiger partial charge is 0.427 e. The molecule has 0 amide bonds. The quantitative estimate of drug-likeness (QED) is 0.720. The van der Waals surface area contributed by atoms with Gasteiger partial charge in [0.05, 0.1) is 0 Å². The first kappa shape index (κ1) is 9.11. The van der Waals surface area contributed by atoms with Crippen molar-refractivity contribution in [2.45, 2.75) is 6.18 Å². The Morgan fingerprint density at radius 1 is 1.45 bits per heavy atom. The van der Waals surface area contributed by atoms with Crippen molar-refractivity contribution < 1.29 is 16.2 Å². The second-order valence-corrected chi connectivity index (χ2v) is 3.07. The van der Waals surface area contributed by atoms with Crippen molar-refractivity contribution in [3.63, 3.8) is 0 Å². The van der Waals surface area contributed by atoms with Crippen molar-refractivity contribution in [1.29, 1.82) is 0 Å². The fraction of sp³-hybridized carbons (Fsp3) is 0.200. The molecule has 0 fully saturated rings. The monoisotopic (exact) mass is 294 g/mol. The van der Waals surface area contributed by atoms with Crippen LogP contribution < -0.4 is 3.07 Å². The predicted molar refractivity (Wildman–Crippen MR) is 44.0 cm³/mol. The molecular weight excluding hydrogens is 292 g/mol. The maximum Gasteiger partial charge on any atom is 0.425 e. The summed E-state index contributed by atoms with van der Waals surface area (Å²) in [4.78, 5) is -0.635. The average molecular weight is 294 g/mol. The molecule has 1 aromatic rings. The molecule has 0 saturated carbocycles. The van der Waals surface area contributed by atoms with E-state index >= 15 is 0 Å². The first-order chi connectivity index (χ1) is 5.04. The Morgan fingerprint density at radius 3 is 2.36 bits per heavy atom. The number of halogens is 4. The molecule has 0 aliphatic heterocycles. The van der Waals surface area contributed by atoms with Crippen LogP contribution in [-0.4, -0.2) is 0 Å². The summed E-state index contributed by atoms with van der Waals surface area (Å²) in [5, 5.41) is 1.31. The fourth-order valence-corrected chi connectivity index (χ4v) is 1.61. The molecule has 62 valence electrons. The third-order valence-corrected chi connectivity index (χ3v) is 2.41. The van der Waals surface area contributed by atoms with E-state index in [4.69, 9.17) is 0 Å². The van der Waals surface area contributed by atoms with Crippen LogP contribution in [0.5, 0.6) is 5.75 Å². The van der Waals surface area contributed by atoms with E-state index < -0.39 is 11.1 Å². The maximum absolute atomic E-state index is 11.9. The molecule has 0 atom stereocenters. The normalized spacial score (nSPS) is 11.6. The number of hydrogen-bond donors (Lipinski definition) is 0. The van der Waals surface area contributed by atoms with E-state index in [-0.39, 0.29) is 5.75 Å². The minimum absolute atomic E-state index is 0.239. The van der Waals surface area contributed by atoms with Crippen LogP contribution in [0.2, 0.25) is 0 Å². The molecule has 1 aromatic heterocycles. The molecular formula is C5H2F3IOS. The van der Waals surface area contributed by atoms with Crippen LogP contribution in [0.15, 0.2) is 11.4 Å². The zero-order chi connectivity index (χ0) is 8.48. The van der Waals surface area contributed by atoms with Crippen LogP contribution >= 0.6 is 34.3 Å². The van der Waals surface area contributed by atoms with Crippen molar-refractivity contribution in [3.8, 4) is 5.75 Å². The molecule has 0 aliphatic carbocycles. The predicted octanol–water partition coefficient (Wildman–Crippen LogP) is 3.50. The van der Waals surface area contributed by atoms with Gasteiger partial charge < -0.3 is 3.07 Å². The lowest BCUT2D eigenvalue weighted by Crippen LogP contribution is -2.00. The fourth-order valence-electron chi connectivity index (χ4n) is 0.508. The molecule has 0 radical (unpaired) electrons. The summed E-state index contributed by atoms with van der Waals surface area (Å²) in [5.41, 5.74) is 0. The zero-order valence-corrected chi connectivity index (χ0v) is 7.96. The molecule has 0 bridgehead atoms. The Balaban J connectivity index is 2.89. The van der Waals surface area contributed by atoms with Gasteiger partial charge in [-0.1, -0.05) is 0 Å². The summed E-state index contributed by atoms with van der Waals surface area (Å²) in [6.07, 6.45) is -4.25. The average Bonchev–Trinajstić information content (AvgIpc) is 2.32. The molecule has 0 N–H and O–H groups in total. The molecule has 0 aromatic carbocycles. The van der Waals surface area contributed by atoms with Gasteiger partial charge in [0, 0.05) is 11.4 Å². The van der Waals surface area contributed by atoms with Gasteiger partial charge in [0.2, 0.25) is 0 Å². The van der Waals surface area contributed by atoms with E-state index in [2.05, 4.69) is 3.07 Å². The van der Waals surface area contributed by atoms with Gasteiger partial charge in [0.15, 0.2) is 23.0 Å². The Hall–Kier alpha value is 0.0200. The number of thiophene rings is 1. The SMILES string of the molecule is FC(F)(F)c1cc(OI)cs1. The summed E-state index contributed by atoms with van der Waals surface area (Å²) < 4.78 is 40.2. The molecule has 0 spiro atoms. The Kier molecular flexibility index (Phi) is 2.63. The van der Waals surface area contributed by atoms with Gasteiger partial charge in [-0.25, -0.2) is 0 Å². The Bertz CT molecular complexity index is 244. The lowest BCUT2D eigenvalue weighted by Gasteiger charge is -1.99. The van der Waals surface area contributed by atoms with E-state index in [1.165, 1.54) is 28.4 Å². The molecule has 11 heavy (non-hydrogen) atoms. The number of alkyl halides is 3. The topological polar surface area (TPSA) is 9.23 Å². The summed E-state index contributed by atoms with van der Waals surface area (Å²) in [6, 6.07) is 0.969. The second kappa shape index (κ2) is 3.18. The molecule has 0 saturated heterocycles. The van der Waals surface area contributed by atoms with Gasteiger partial charge in [-0.15, -0.1) is 11.3 Å².